The van der Waals surface area contributed by atoms with Crippen molar-refractivity contribution < 1.29 is 10.2 Å². The van der Waals surface area contributed by atoms with E-state index in [2.05, 4.69) is 4.57 Å². The maximum atomic E-state index is 9.85. The van der Waals surface area contributed by atoms with Gasteiger partial charge in [0.25, 0.3) is 0 Å². The van der Waals surface area contributed by atoms with Crippen molar-refractivity contribution in [2.24, 2.45) is 7.05 Å². The van der Waals surface area contributed by atoms with E-state index in [0.29, 0.717) is 0 Å². The molecule has 1 aromatic heterocycles. The fraction of sp³-hybridized carbons (Fsp3) is 0.158. The van der Waals surface area contributed by atoms with Crippen molar-refractivity contribution >= 4 is 0 Å². The van der Waals surface area contributed by atoms with E-state index in [1.54, 1.807) is 0 Å². The Morgan fingerprint density at radius 2 is 1.05 bits per heavy atom. The zero-order valence-corrected chi connectivity index (χ0v) is 12.5. The van der Waals surface area contributed by atoms with Gasteiger partial charge in [-0.05, 0) is 11.1 Å². The Bertz CT molecular complexity index is 696. The number of aliphatic hydroxyl groups is 2. The summed E-state index contributed by atoms with van der Waals surface area (Å²) >= 11 is 0. The first-order chi connectivity index (χ1) is 10.8. The Kier molecular flexibility index (Phi) is 4.09. The monoisotopic (exact) mass is 293 g/mol. The minimum Gasteiger partial charge on any atom is -0.392 e. The summed E-state index contributed by atoms with van der Waals surface area (Å²) in [4.78, 5) is 0. The number of hydrogen-bond donors (Lipinski definition) is 2. The van der Waals surface area contributed by atoms with E-state index in [4.69, 9.17) is 0 Å². The largest absolute Gasteiger partial charge is 0.392 e. The van der Waals surface area contributed by atoms with E-state index >= 15 is 0 Å². The van der Waals surface area contributed by atoms with Crippen LogP contribution in [0.5, 0.6) is 0 Å². The van der Waals surface area contributed by atoms with Crippen molar-refractivity contribution in [1.82, 2.24) is 4.57 Å². The van der Waals surface area contributed by atoms with E-state index in [0.717, 1.165) is 33.6 Å². The SMILES string of the molecule is Cn1c(-c2ccccc2)c(CO)c(CO)c1-c1ccccc1. The maximum absolute atomic E-state index is 9.85. The van der Waals surface area contributed by atoms with Crippen LogP contribution in [0.15, 0.2) is 60.7 Å². The molecule has 0 bridgehead atoms. The van der Waals surface area contributed by atoms with Gasteiger partial charge in [0.2, 0.25) is 0 Å². The molecule has 0 spiro atoms. The van der Waals surface area contributed by atoms with Gasteiger partial charge in [0.05, 0.1) is 24.6 Å². The summed E-state index contributed by atoms with van der Waals surface area (Å²) in [7, 11) is 1.98. The molecule has 0 saturated carbocycles. The molecule has 3 aromatic rings. The highest BCUT2D eigenvalue weighted by atomic mass is 16.3. The van der Waals surface area contributed by atoms with Crippen molar-refractivity contribution in [1.29, 1.82) is 0 Å². The van der Waals surface area contributed by atoms with E-state index < -0.39 is 0 Å². The molecular formula is C19H19NO2. The second kappa shape index (κ2) is 6.18. The lowest BCUT2D eigenvalue weighted by Gasteiger charge is -2.09. The van der Waals surface area contributed by atoms with E-state index in [-0.39, 0.29) is 13.2 Å². The topological polar surface area (TPSA) is 45.4 Å². The van der Waals surface area contributed by atoms with Gasteiger partial charge in [-0.2, -0.15) is 0 Å². The zero-order chi connectivity index (χ0) is 15.5. The number of hydrogen-bond acceptors (Lipinski definition) is 2. The number of rotatable bonds is 4. The normalized spacial score (nSPS) is 10.9. The summed E-state index contributed by atoms with van der Waals surface area (Å²) in [6.45, 7) is -0.193. The number of aliphatic hydroxyl groups excluding tert-OH is 2. The van der Waals surface area contributed by atoms with E-state index in [9.17, 15) is 10.2 Å². The van der Waals surface area contributed by atoms with Crippen LogP contribution in [-0.2, 0) is 20.3 Å². The molecule has 1 heterocycles. The molecule has 0 aliphatic heterocycles. The first-order valence-corrected chi connectivity index (χ1v) is 7.31. The fourth-order valence-corrected chi connectivity index (χ4v) is 3.07. The van der Waals surface area contributed by atoms with Crippen LogP contribution in [0.1, 0.15) is 11.1 Å². The molecule has 22 heavy (non-hydrogen) atoms. The first kappa shape index (κ1) is 14.6. The molecule has 3 rings (SSSR count). The minimum absolute atomic E-state index is 0.0964. The summed E-state index contributed by atoms with van der Waals surface area (Å²) in [5.41, 5.74) is 5.54. The lowest BCUT2D eigenvalue weighted by molar-refractivity contribution is 0.262. The predicted octanol–water partition coefficient (Wildman–Crippen LogP) is 3.34. The number of aromatic nitrogens is 1. The van der Waals surface area contributed by atoms with Gasteiger partial charge in [0.1, 0.15) is 0 Å². The van der Waals surface area contributed by atoms with Crippen molar-refractivity contribution in [2.75, 3.05) is 0 Å². The maximum Gasteiger partial charge on any atom is 0.0706 e. The summed E-state index contributed by atoms with van der Waals surface area (Å²) in [5.74, 6) is 0. The fourth-order valence-electron chi connectivity index (χ4n) is 3.07. The molecule has 0 fully saturated rings. The number of nitrogens with zero attached hydrogens (tertiary/aromatic N) is 1. The van der Waals surface area contributed by atoms with Crippen molar-refractivity contribution in [2.45, 2.75) is 13.2 Å². The molecular weight excluding hydrogens is 274 g/mol. The van der Waals surface area contributed by atoms with E-state index in [1.807, 2.05) is 67.7 Å². The molecule has 0 aliphatic carbocycles. The van der Waals surface area contributed by atoms with Crippen LogP contribution < -0.4 is 0 Å². The van der Waals surface area contributed by atoms with Gasteiger partial charge in [-0.25, -0.2) is 0 Å². The average molecular weight is 293 g/mol. The number of benzene rings is 2. The molecule has 0 radical (unpaired) electrons. The molecule has 3 nitrogen and oxygen atoms in total. The molecule has 0 amide bonds. The molecule has 0 atom stereocenters. The van der Waals surface area contributed by atoms with Gasteiger partial charge in [0.15, 0.2) is 0 Å². The van der Waals surface area contributed by atoms with Gasteiger partial charge >= 0.3 is 0 Å². The summed E-state index contributed by atoms with van der Waals surface area (Å²) in [5, 5.41) is 19.7. The third-order valence-corrected chi connectivity index (χ3v) is 4.02. The van der Waals surface area contributed by atoms with Gasteiger partial charge in [0, 0.05) is 18.2 Å². The average Bonchev–Trinajstić information content (AvgIpc) is 2.88. The predicted molar refractivity (Wildman–Crippen MR) is 88.1 cm³/mol. The Balaban J connectivity index is 2.31. The highest BCUT2D eigenvalue weighted by molar-refractivity contribution is 5.76. The van der Waals surface area contributed by atoms with Gasteiger partial charge in [-0.1, -0.05) is 60.7 Å². The van der Waals surface area contributed by atoms with Crippen LogP contribution in [-0.4, -0.2) is 14.8 Å². The van der Waals surface area contributed by atoms with E-state index in [1.165, 1.54) is 0 Å². The van der Waals surface area contributed by atoms with Crippen LogP contribution in [0.25, 0.3) is 22.5 Å². The molecule has 0 saturated heterocycles. The lowest BCUT2D eigenvalue weighted by atomic mass is 10.0. The smallest absolute Gasteiger partial charge is 0.0706 e. The van der Waals surface area contributed by atoms with Gasteiger partial charge in [-0.3, -0.25) is 0 Å². The van der Waals surface area contributed by atoms with Crippen molar-refractivity contribution in [3.05, 3.63) is 71.8 Å². The Morgan fingerprint density at radius 3 is 1.36 bits per heavy atom. The summed E-state index contributed by atoms with van der Waals surface area (Å²) in [6.07, 6.45) is 0. The highest BCUT2D eigenvalue weighted by Crippen LogP contribution is 2.36. The molecule has 0 unspecified atom stereocenters. The van der Waals surface area contributed by atoms with Crippen molar-refractivity contribution in [3.8, 4) is 22.5 Å². The third-order valence-electron chi connectivity index (χ3n) is 4.02. The highest BCUT2D eigenvalue weighted by Gasteiger charge is 2.21. The standard InChI is InChI=1S/C19H19NO2/c1-20-18(14-8-4-2-5-9-14)16(12-21)17(13-22)19(20)15-10-6-3-7-11-15/h2-11,21-22H,12-13H2,1H3. The second-order valence-electron chi connectivity index (χ2n) is 5.26. The summed E-state index contributed by atoms with van der Waals surface area (Å²) in [6, 6.07) is 19.9. The van der Waals surface area contributed by atoms with Crippen LogP contribution in [0.3, 0.4) is 0 Å². The molecule has 2 aromatic carbocycles. The van der Waals surface area contributed by atoms with Gasteiger partial charge in [-0.15, -0.1) is 0 Å². The molecule has 3 heteroatoms. The quantitative estimate of drug-likeness (QED) is 0.775. The Labute approximate surface area is 130 Å². The van der Waals surface area contributed by atoms with Gasteiger partial charge < -0.3 is 14.8 Å². The summed E-state index contributed by atoms with van der Waals surface area (Å²) < 4.78 is 2.06. The lowest BCUT2D eigenvalue weighted by Crippen LogP contribution is -1.96. The van der Waals surface area contributed by atoms with Crippen LogP contribution in [0.4, 0.5) is 0 Å². The minimum atomic E-state index is -0.0964. The van der Waals surface area contributed by atoms with Crippen LogP contribution >= 0.6 is 0 Å². The second-order valence-corrected chi connectivity index (χ2v) is 5.26. The Hall–Kier alpha value is -2.36. The molecule has 2 N–H and O–H groups in total. The first-order valence-electron chi connectivity index (χ1n) is 7.31. The molecule has 112 valence electrons. The molecule has 0 aliphatic rings. The van der Waals surface area contributed by atoms with Crippen LogP contribution in [0, 0.1) is 0 Å². The van der Waals surface area contributed by atoms with Crippen LogP contribution in [0.2, 0.25) is 0 Å². The third kappa shape index (κ3) is 2.34. The Morgan fingerprint density at radius 1 is 0.682 bits per heavy atom. The zero-order valence-electron chi connectivity index (χ0n) is 12.5. The van der Waals surface area contributed by atoms with Crippen molar-refractivity contribution in [3.63, 3.8) is 0 Å².